The molecule has 8 heteroatoms. The van der Waals surface area contributed by atoms with Crippen molar-refractivity contribution in [2.45, 2.75) is 20.3 Å². The highest BCUT2D eigenvalue weighted by Crippen LogP contribution is 2.31. The topological polar surface area (TPSA) is 79.0 Å². The zero-order valence-electron chi connectivity index (χ0n) is 15.8. The van der Waals surface area contributed by atoms with E-state index in [0.717, 1.165) is 5.69 Å². The van der Waals surface area contributed by atoms with Gasteiger partial charge in [-0.1, -0.05) is 26.0 Å². The maximum absolute atomic E-state index is 12.4. The van der Waals surface area contributed by atoms with Gasteiger partial charge in [0.1, 0.15) is 0 Å². The number of carbonyl (C=O) groups is 1. The van der Waals surface area contributed by atoms with Crippen molar-refractivity contribution in [2.75, 3.05) is 54.9 Å². The van der Waals surface area contributed by atoms with Crippen molar-refractivity contribution in [1.82, 2.24) is 5.32 Å². The van der Waals surface area contributed by atoms with Crippen LogP contribution in [0.25, 0.3) is 0 Å². The lowest BCUT2D eigenvalue weighted by atomic mass is 10.2. The van der Waals surface area contributed by atoms with Crippen molar-refractivity contribution in [2.24, 2.45) is 5.92 Å². The molecule has 1 aromatic rings. The molecule has 1 aromatic carbocycles. The number of nitrogens with zero attached hydrogens (tertiary/aromatic N) is 2. The molecule has 1 aliphatic heterocycles. The van der Waals surface area contributed by atoms with Gasteiger partial charge in [-0.15, -0.1) is 0 Å². The minimum absolute atomic E-state index is 0.115. The summed E-state index contributed by atoms with van der Waals surface area (Å²) in [6.07, 6.45) is 1.30. The van der Waals surface area contributed by atoms with Gasteiger partial charge < -0.3 is 15.0 Å². The molecule has 0 unspecified atom stereocenters. The van der Waals surface area contributed by atoms with Crippen molar-refractivity contribution in [1.29, 1.82) is 0 Å². The Morgan fingerprint density at radius 3 is 2.54 bits per heavy atom. The van der Waals surface area contributed by atoms with E-state index in [0.29, 0.717) is 44.5 Å². The van der Waals surface area contributed by atoms with Crippen LogP contribution < -0.4 is 14.5 Å². The standard InChI is InChI=1S/C18H29N3O4S/c1-15(2)14-19-18(22)8-9-21(26(3,23)24)17-7-5-4-6-16(17)20-10-12-25-13-11-20/h4-7,15H,8-14H2,1-3H3,(H,19,22). The molecule has 0 radical (unpaired) electrons. The Labute approximate surface area is 156 Å². The van der Waals surface area contributed by atoms with Gasteiger partial charge in [-0.2, -0.15) is 0 Å². The molecule has 2 rings (SSSR count). The van der Waals surface area contributed by atoms with E-state index in [2.05, 4.69) is 10.2 Å². The summed E-state index contributed by atoms with van der Waals surface area (Å²) in [4.78, 5) is 14.2. The predicted molar refractivity (Wildman–Crippen MR) is 104 cm³/mol. The lowest BCUT2D eigenvalue weighted by Crippen LogP contribution is -2.39. The fourth-order valence-corrected chi connectivity index (χ4v) is 3.76. The number of morpholine rings is 1. The van der Waals surface area contributed by atoms with Gasteiger partial charge in [0, 0.05) is 32.6 Å². The minimum Gasteiger partial charge on any atom is -0.378 e. The number of nitrogens with one attached hydrogen (secondary N) is 1. The molecule has 1 saturated heterocycles. The molecule has 26 heavy (non-hydrogen) atoms. The van der Waals surface area contributed by atoms with E-state index in [1.54, 1.807) is 6.07 Å². The first-order valence-electron chi connectivity index (χ1n) is 8.95. The van der Waals surface area contributed by atoms with Crippen LogP contribution in [0, 0.1) is 5.92 Å². The van der Waals surface area contributed by atoms with Crippen LogP contribution in [0.3, 0.4) is 0 Å². The lowest BCUT2D eigenvalue weighted by molar-refractivity contribution is -0.121. The van der Waals surface area contributed by atoms with E-state index >= 15 is 0 Å². The van der Waals surface area contributed by atoms with Crippen LogP contribution in [0.4, 0.5) is 11.4 Å². The van der Waals surface area contributed by atoms with Gasteiger partial charge in [0.2, 0.25) is 15.9 Å². The predicted octanol–water partition coefficient (Wildman–Crippen LogP) is 1.45. The van der Waals surface area contributed by atoms with Crippen molar-refractivity contribution >= 4 is 27.3 Å². The number of hydrogen-bond donors (Lipinski definition) is 1. The van der Waals surface area contributed by atoms with Crippen molar-refractivity contribution in [3.63, 3.8) is 0 Å². The Balaban J connectivity index is 2.18. The number of hydrogen-bond acceptors (Lipinski definition) is 5. The highest BCUT2D eigenvalue weighted by molar-refractivity contribution is 7.92. The van der Waals surface area contributed by atoms with Crippen LogP contribution in [0.5, 0.6) is 0 Å². The Bertz CT molecular complexity index is 700. The number of anilines is 2. The zero-order valence-corrected chi connectivity index (χ0v) is 16.6. The second-order valence-corrected chi connectivity index (χ2v) is 8.78. The fraction of sp³-hybridized carbons (Fsp3) is 0.611. The number of benzene rings is 1. The van der Waals surface area contributed by atoms with Gasteiger partial charge in [0.25, 0.3) is 0 Å². The molecule has 0 aromatic heterocycles. The number of carbonyl (C=O) groups excluding carboxylic acids is 1. The summed E-state index contributed by atoms with van der Waals surface area (Å²) >= 11 is 0. The molecule has 1 N–H and O–H groups in total. The van der Waals surface area contributed by atoms with E-state index in [4.69, 9.17) is 4.74 Å². The normalized spacial score (nSPS) is 15.2. The zero-order chi connectivity index (χ0) is 19.2. The lowest BCUT2D eigenvalue weighted by Gasteiger charge is -2.33. The molecule has 0 saturated carbocycles. The maximum Gasteiger partial charge on any atom is 0.232 e. The van der Waals surface area contributed by atoms with Gasteiger partial charge in [-0.05, 0) is 18.1 Å². The van der Waals surface area contributed by atoms with E-state index in [1.165, 1.54) is 10.6 Å². The van der Waals surface area contributed by atoms with E-state index in [1.807, 2.05) is 32.0 Å². The Kier molecular flexibility index (Phi) is 7.28. The average molecular weight is 384 g/mol. The van der Waals surface area contributed by atoms with Crippen molar-refractivity contribution in [3.05, 3.63) is 24.3 Å². The van der Waals surface area contributed by atoms with E-state index in [-0.39, 0.29) is 18.9 Å². The van der Waals surface area contributed by atoms with Crippen LogP contribution >= 0.6 is 0 Å². The molecule has 1 heterocycles. The monoisotopic (exact) mass is 383 g/mol. The molecule has 1 amide bonds. The summed E-state index contributed by atoms with van der Waals surface area (Å²) in [6.45, 7) is 7.39. The third kappa shape index (κ3) is 5.88. The summed E-state index contributed by atoms with van der Waals surface area (Å²) < 4.78 is 31.5. The summed E-state index contributed by atoms with van der Waals surface area (Å²) in [5.74, 6) is 0.211. The number of amides is 1. The largest absolute Gasteiger partial charge is 0.378 e. The van der Waals surface area contributed by atoms with Crippen molar-refractivity contribution < 1.29 is 17.9 Å². The quantitative estimate of drug-likeness (QED) is 0.735. The summed E-state index contributed by atoms with van der Waals surface area (Å²) in [5.41, 5.74) is 1.46. The minimum atomic E-state index is -3.51. The molecule has 1 fully saturated rings. The molecular formula is C18H29N3O4S. The highest BCUT2D eigenvalue weighted by Gasteiger charge is 2.24. The second-order valence-electron chi connectivity index (χ2n) is 6.87. The number of ether oxygens (including phenoxy) is 1. The smallest absolute Gasteiger partial charge is 0.232 e. The number of sulfonamides is 1. The van der Waals surface area contributed by atoms with E-state index in [9.17, 15) is 13.2 Å². The van der Waals surface area contributed by atoms with E-state index < -0.39 is 10.0 Å². The molecule has 0 aliphatic carbocycles. The first-order chi connectivity index (χ1) is 12.3. The van der Waals surface area contributed by atoms with Gasteiger partial charge in [-0.25, -0.2) is 8.42 Å². The Morgan fingerprint density at radius 1 is 1.27 bits per heavy atom. The van der Waals surface area contributed by atoms with Crippen molar-refractivity contribution in [3.8, 4) is 0 Å². The Hall–Kier alpha value is -1.80. The summed E-state index contributed by atoms with van der Waals surface area (Å²) in [7, 11) is -3.51. The third-order valence-corrected chi connectivity index (χ3v) is 5.33. The van der Waals surface area contributed by atoms with Crippen LogP contribution in [-0.2, 0) is 19.6 Å². The summed E-state index contributed by atoms with van der Waals surface area (Å²) in [6, 6.07) is 7.41. The fourth-order valence-electron chi connectivity index (χ4n) is 2.82. The SMILES string of the molecule is CC(C)CNC(=O)CCN(c1ccccc1N1CCOCC1)S(C)(=O)=O. The first-order valence-corrected chi connectivity index (χ1v) is 10.8. The molecule has 7 nitrogen and oxygen atoms in total. The van der Waals surface area contributed by atoms with Gasteiger partial charge in [0.15, 0.2) is 0 Å². The van der Waals surface area contributed by atoms with Gasteiger partial charge in [0.05, 0.1) is 30.8 Å². The molecule has 0 atom stereocenters. The molecule has 0 bridgehead atoms. The summed E-state index contributed by atoms with van der Waals surface area (Å²) in [5, 5.41) is 2.83. The van der Waals surface area contributed by atoms with Crippen LogP contribution in [0.15, 0.2) is 24.3 Å². The number of para-hydroxylation sites is 2. The average Bonchev–Trinajstić information content (AvgIpc) is 2.60. The maximum atomic E-state index is 12.4. The molecule has 146 valence electrons. The van der Waals surface area contributed by atoms with Crippen LogP contribution in [0.2, 0.25) is 0 Å². The van der Waals surface area contributed by atoms with Gasteiger partial charge in [-0.3, -0.25) is 9.10 Å². The number of rotatable bonds is 8. The molecular weight excluding hydrogens is 354 g/mol. The van der Waals surface area contributed by atoms with Crippen LogP contribution in [0.1, 0.15) is 20.3 Å². The first kappa shape index (κ1) is 20.5. The van der Waals surface area contributed by atoms with Crippen LogP contribution in [-0.4, -0.2) is 60.0 Å². The third-order valence-electron chi connectivity index (χ3n) is 4.15. The second kappa shape index (κ2) is 9.23. The van der Waals surface area contributed by atoms with Gasteiger partial charge >= 0.3 is 0 Å². The Morgan fingerprint density at radius 2 is 1.92 bits per heavy atom. The molecule has 1 aliphatic rings. The molecule has 0 spiro atoms. The highest BCUT2D eigenvalue weighted by atomic mass is 32.2.